The summed E-state index contributed by atoms with van der Waals surface area (Å²) < 4.78 is 44.0. The molecular weight excluding hydrogens is 219 g/mol. The van der Waals surface area contributed by atoms with Gasteiger partial charge < -0.3 is 4.42 Å². The monoisotopic (exact) mass is 221 g/mol. The normalized spacial score (nSPS) is 11.2. The summed E-state index contributed by atoms with van der Waals surface area (Å²) in [5.74, 6) is -3.52. The highest BCUT2D eigenvalue weighted by molar-refractivity contribution is 6.28. The van der Waals surface area contributed by atoms with Crippen LogP contribution in [0.2, 0.25) is 5.35 Å². The highest BCUT2D eigenvalue weighted by Crippen LogP contribution is 2.28. The van der Waals surface area contributed by atoms with Crippen LogP contribution >= 0.6 is 11.6 Å². The molecule has 0 fully saturated rings. The maximum atomic E-state index is 13.3. The van der Waals surface area contributed by atoms with Crippen molar-refractivity contribution >= 4 is 22.7 Å². The fourth-order valence-corrected chi connectivity index (χ4v) is 1.29. The molecule has 6 heteroatoms. The third-order valence-corrected chi connectivity index (χ3v) is 2.02. The van der Waals surface area contributed by atoms with E-state index in [4.69, 9.17) is 11.6 Å². The Labute approximate surface area is 81.3 Å². The Morgan fingerprint density at radius 3 is 2.43 bits per heavy atom. The van der Waals surface area contributed by atoms with Gasteiger partial charge in [-0.2, -0.15) is 4.98 Å². The summed E-state index contributed by atoms with van der Waals surface area (Å²) in [6.45, 7) is 1.10. The largest absolute Gasteiger partial charge is 0.424 e. The number of hydrogen-bond acceptors (Lipinski definition) is 2. The summed E-state index contributed by atoms with van der Waals surface area (Å²) in [6, 6.07) is 0. The minimum atomic E-state index is -1.28. The predicted molar refractivity (Wildman–Crippen MR) is 43.6 cm³/mol. The third kappa shape index (κ3) is 1.09. The van der Waals surface area contributed by atoms with E-state index in [1.165, 1.54) is 0 Å². The van der Waals surface area contributed by atoms with Crippen LogP contribution in [-0.4, -0.2) is 4.98 Å². The van der Waals surface area contributed by atoms with Gasteiger partial charge in [0.15, 0.2) is 28.6 Å². The van der Waals surface area contributed by atoms with Gasteiger partial charge in [0.25, 0.3) is 5.35 Å². The second kappa shape index (κ2) is 2.88. The first kappa shape index (κ1) is 9.33. The van der Waals surface area contributed by atoms with Crippen LogP contribution in [0.4, 0.5) is 13.2 Å². The molecule has 2 nitrogen and oxygen atoms in total. The second-order valence-electron chi connectivity index (χ2n) is 2.71. The Morgan fingerprint density at radius 1 is 1.14 bits per heavy atom. The lowest BCUT2D eigenvalue weighted by molar-refractivity contribution is 0.488. The van der Waals surface area contributed by atoms with Crippen LogP contribution in [0.5, 0.6) is 0 Å². The molecule has 2 aromatic rings. The van der Waals surface area contributed by atoms with Crippen molar-refractivity contribution in [3.8, 4) is 0 Å². The molecule has 1 aromatic carbocycles. The molecule has 14 heavy (non-hydrogen) atoms. The number of benzene rings is 1. The molecular formula is C8H3ClF3NO. The number of rotatable bonds is 0. The third-order valence-electron chi connectivity index (χ3n) is 1.86. The number of fused-ring (bicyclic) bond motifs is 1. The van der Waals surface area contributed by atoms with Crippen molar-refractivity contribution in [2.45, 2.75) is 6.92 Å². The zero-order valence-corrected chi connectivity index (χ0v) is 7.62. The SMILES string of the molecule is Cc1c(F)c(F)c2nc(Cl)oc2c1F. The van der Waals surface area contributed by atoms with Gasteiger partial charge in [-0.3, -0.25) is 0 Å². The van der Waals surface area contributed by atoms with Gasteiger partial charge in [-0.1, -0.05) is 0 Å². The van der Waals surface area contributed by atoms with Gasteiger partial charge in [0.2, 0.25) is 0 Å². The maximum absolute atomic E-state index is 13.3. The number of hydrogen-bond donors (Lipinski definition) is 0. The molecule has 1 aromatic heterocycles. The Hall–Kier alpha value is -1.23. The molecule has 0 aliphatic rings. The van der Waals surface area contributed by atoms with Gasteiger partial charge in [-0.15, -0.1) is 0 Å². The van der Waals surface area contributed by atoms with Crippen LogP contribution in [0.3, 0.4) is 0 Å². The smallest absolute Gasteiger partial charge is 0.293 e. The molecule has 0 saturated carbocycles. The summed E-state index contributed by atoms with van der Waals surface area (Å²) in [5.41, 5.74) is -1.45. The standard InChI is InChI=1S/C8H3ClF3NO/c1-2-3(10)5(12)6-7(4(2)11)14-8(9)13-6/h1H3. The van der Waals surface area contributed by atoms with Crippen LogP contribution in [0.25, 0.3) is 11.1 Å². The topological polar surface area (TPSA) is 26.0 Å². The van der Waals surface area contributed by atoms with Crippen LogP contribution in [-0.2, 0) is 0 Å². The highest BCUT2D eigenvalue weighted by atomic mass is 35.5. The van der Waals surface area contributed by atoms with Crippen LogP contribution in [0.15, 0.2) is 4.42 Å². The average molecular weight is 222 g/mol. The first-order valence-corrected chi connectivity index (χ1v) is 3.99. The van der Waals surface area contributed by atoms with Gasteiger partial charge in [0, 0.05) is 5.56 Å². The van der Waals surface area contributed by atoms with Gasteiger partial charge in [-0.05, 0) is 18.5 Å². The molecule has 0 aliphatic carbocycles. The molecule has 0 bridgehead atoms. The first-order valence-electron chi connectivity index (χ1n) is 3.61. The lowest BCUT2D eigenvalue weighted by Gasteiger charge is -1.99. The molecule has 0 atom stereocenters. The van der Waals surface area contributed by atoms with Crippen molar-refractivity contribution in [2.75, 3.05) is 0 Å². The van der Waals surface area contributed by atoms with E-state index < -0.39 is 39.5 Å². The molecule has 0 aliphatic heterocycles. The van der Waals surface area contributed by atoms with Crippen molar-refractivity contribution in [3.05, 3.63) is 28.4 Å². The van der Waals surface area contributed by atoms with E-state index in [1.807, 2.05) is 0 Å². The van der Waals surface area contributed by atoms with Crippen molar-refractivity contribution in [2.24, 2.45) is 0 Å². The predicted octanol–water partition coefficient (Wildman–Crippen LogP) is 3.21. The minimum absolute atomic E-state index is 0.428. The molecule has 0 saturated heterocycles. The van der Waals surface area contributed by atoms with Crippen molar-refractivity contribution in [1.29, 1.82) is 0 Å². The number of nitrogens with zero attached hydrogens (tertiary/aromatic N) is 1. The Bertz CT molecular complexity index is 478. The van der Waals surface area contributed by atoms with E-state index in [1.54, 1.807) is 0 Å². The van der Waals surface area contributed by atoms with Crippen molar-refractivity contribution in [3.63, 3.8) is 0 Å². The van der Waals surface area contributed by atoms with Gasteiger partial charge >= 0.3 is 0 Å². The van der Waals surface area contributed by atoms with Crippen LogP contribution in [0.1, 0.15) is 5.56 Å². The summed E-state index contributed by atoms with van der Waals surface area (Å²) >= 11 is 5.30. The quantitative estimate of drug-likeness (QED) is 0.639. The Morgan fingerprint density at radius 2 is 1.79 bits per heavy atom. The lowest BCUT2D eigenvalue weighted by Crippen LogP contribution is -1.95. The van der Waals surface area contributed by atoms with E-state index in [0.717, 1.165) is 6.92 Å². The molecule has 0 amide bonds. The molecule has 0 radical (unpaired) electrons. The highest BCUT2D eigenvalue weighted by Gasteiger charge is 2.21. The molecule has 1 heterocycles. The van der Waals surface area contributed by atoms with Crippen LogP contribution < -0.4 is 0 Å². The van der Waals surface area contributed by atoms with Gasteiger partial charge in [-0.25, -0.2) is 13.2 Å². The Balaban J connectivity index is 3.01. The average Bonchev–Trinajstić information content (AvgIpc) is 2.54. The summed E-state index contributed by atoms with van der Waals surface area (Å²) in [7, 11) is 0. The number of aromatic nitrogens is 1. The molecule has 0 spiro atoms. The van der Waals surface area contributed by atoms with Gasteiger partial charge in [0.1, 0.15) is 0 Å². The van der Waals surface area contributed by atoms with Crippen molar-refractivity contribution in [1.82, 2.24) is 4.98 Å². The van der Waals surface area contributed by atoms with E-state index in [2.05, 4.69) is 9.40 Å². The number of oxazole rings is 1. The maximum Gasteiger partial charge on any atom is 0.293 e. The van der Waals surface area contributed by atoms with E-state index in [9.17, 15) is 13.2 Å². The Kier molecular flexibility index (Phi) is 1.92. The van der Waals surface area contributed by atoms with Crippen molar-refractivity contribution < 1.29 is 17.6 Å². The zero-order chi connectivity index (χ0) is 10.5. The van der Waals surface area contributed by atoms with E-state index >= 15 is 0 Å². The lowest BCUT2D eigenvalue weighted by atomic mass is 10.2. The summed E-state index contributed by atoms with van der Waals surface area (Å²) in [4.78, 5) is 3.32. The van der Waals surface area contributed by atoms with E-state index in [-0.39, 0.29) is 0 Å². The minimum Gasteiger partial charge on any atom is -0.424 e. The summed E-state index contributed by atoms with van der Waals surface area (Å²) in [6.07, 6.45) is 0. The molecule has 2 rings (SSSR count). The molecule has 0 N–H and O–H groups in total. The van der Waals surface area contributed by atoms with Gasteiger partial charge in [0.05, 0.1) is 0 Å². The van der Waals surface area contributed by atoms with Crippen LogP contribution in [0, 0.1) is 24.4 Å². The fourth-order valence-electron chi connectivity index (χ4n) is 1.13. The fraction of sp³-hybridized carbons (Fsp3) is 0.125. The first-order chi connectivity index (χ1) is 6.52. The second-order valence-corrected chi connectivity index (χ2v) is 3.03. The number of halogens is 4. The summed E-state index contributed by atoms with van der Waals surface area (Å²) in [5, 5.41) is -0.428. The molecule has 74 valence electrons. The zero-order valence-electron chi connectivity index (χ0n) is 6.87. The molecule has 0 unspecified atom stereocenters. The van der Waals surface area contributed by atoms with E-state index in [0.29, 0.717) is 0 Å².